The molecule has 1 aliphatic rings. The van der Waals surface area contributed by atoms with E-state index in [0.29, 0.717) is 17.9 Å². The highest BCUT2D eigenvalue weighted by Crippen LogP contribution is 2.43. The quantitative estimate of drug-likeness (QED) is 0.462. The summed E-state index contributed by atoms with van der Waals surface area (Å²) in [6.07, 6.45) is -1.32. The van der Waals surface area contributed by atoms with E-state index in [4.69, 9.17) is 4.74 Å². The Morgan fingerprint density at radius 2 is 1.48 bits per heavy atom. The molecule has 0 amide bonds. The highest BCUT2D eigenvalue weighted by Gasteiger charge is 2.36. The van der Waals surface area contributed by atoms with Gasteiger partial charge in [-0.2, -0.15) is 0 Å². The molecule has 1 unspecified atom stereocenters. The molecule has 146 valence electrons. The van der Waals surface area contributed by atoms with Crippen molar-refractivity contribution in [1.29, 1.82) is 0 Å². The minimum atomic E-state index is -1.32. The predicted molar refractivity (Wildman–Crippen MR) is 105 cm³/mol. The average Bonchev–Trinajstić information content (AvgIpc) is 2.73. The first-order chi connectivity index (χ1) is 13.9. The van der Waals surface area contributed by atoms with Gasteiger partial charge in [0.2, 0.25) is 0 Å². The lowest BCUT2D eigenvalue weighted by Gasteiger charge is -2.22. The van der Waals surface area contributed by atoms with Crippen LogP contribution < -0.4 is 4.74 Å². The minimum Gasteiger partial charge on any atom is -0.507 e. The number of ether oxygens (including phenoxy) is 1. The van der Waals surface area contributed by atoms with E-state index in [-0.39, 0.29) is 27.8 Å². The largest absolute Gasteiger partial charge is 0.507 e. The molecule has 3 aromatic rings. The normalized spacial score (nSPS) is 13.6. The smallest absolute Gasteiger partial charge is 0.198 e. The fourth-order valence-electron chi connectivity index (χ4n) is 3.58. The Morgan fingerprint density at radius 3 is 2.07 bits per heavy atom. The Morgan fingerprint density at radius 1 is 0.897 bits per heavy atom. The zero-order valence-corrected chi connectivity index (χ0v) is 15.5. The fraction of sp³-hybridized carbons (Fsp3) is 0.130. The van der Waals surface area contributed by atoms with Crippen molar-refractivity contribution in [1.82, 2.24) is 0 Å². The number of carbonyl (C=O) groups excluding carboxylic acids is 2. The summed E-state index contributed by atoms with van der Waals surface area (Å²) in [7, 11) is 0. The number of benzene rings is 3. The Hall–Kier alpha value is -3.64. The van der Waals surface area contributed by atoms with Gasteiger partial charge in [0.15, 0.2) is 11.6 Å². The van der Waals surface area contributed by atoms with Crippen LogP contribution in [0.4, 0.5) is 0 Å². The first-order valence-corrected chi connectivity index (χ1v) is 9.12. The molecule has 1 aliphatic carbocycles. The molecule has 4 rings (SSSR count). The van der Waals surface area contributed by atoms with Crippen LogP contribution in [0.1, 0.15) is 56.0 Å². The van der Waals surface area contributed by atoms with Gasteiger partial charge in [-0.15, -0.1) is 0 Å². The third-order valence-corrected chi connectivity index (χ3v) is 4.98. The first kappa shape index (κ1) is 18.7. The van der Waals surface area contributed by atoms with E-state index in [1.54, 1.807) is 36.4 Å². The fourth-order valence-corrected chi connectivity index (χ4v) is 3.58. The van der Waals surface area contributed by atoms with Crippen LogP contribution >= 0.6 is 0 Å². The van der Waals surface area contributed by atoms with Gasteiger partial charge in [0.1, 0.15) is 23.4 Å². The molecular formula is C23H18O6. The zero-order valence-electron chi connectivity index (χ0n) is 15.5. The molecular weight excluding hydrogens is 372 g/mol. The molecule has 6 nitrogen and oxygen atoms in total. The number of ketones is 2. The van der Waals surface area contributed by atoms with Gasteiger partial charge in [-0.1, -0.05) is 36.4 Å². The summed E-state index contributed by atoms with van der Waals surface area (Å²) in [5.41, 5.74) is 0.124. The van der Waals surface area contributed by atoms with Gasteiger partial charge in [0, 0.05) is 16.7 Å². The lowest BCUT2D eigenvalue weighted by molar-refractivity contribution is 0.0973. The van der Waals surface area contributed by atoms with E-state index in [9.17, 15) is 24.9 Å². The molecule has 0 fully saturated rings. The summed E-state index contributed by atoms with van der Waals surface area (Å²) in [5.74, 6) is -1.50. The van der Waals surface area contributed by atoms with Gasteiger partial charge in [-0.05, 0) is 30.7 Å². The maximum atomic E-state index is 12.9. The number of hydrogen-bond donors (Lipinski definition) is 3. The molecule has 1 atom stereocenters. The second kappa shape index (κ2) is 7.07. The number of aliphatic hydroxyl groups is 1. The van der Waals surface area contributed by atoms with Crippen LogP contribution in [-0.2, 0) is 0 Å². The Kier molecular flexibility index (Phi) is 4.56. The molecule has 3 aromatic carbocycles. The molecule has 0 saturated heterocycles. The van der Waals surface area contributed by atoms with Crippen LogP contribution in [0.15, 0.2) is 54.6 Å². The van der Waals surface area contributed by atoms with E-state index in [1.807, 2.05) is 6.92 Å². The summed E-state index contributed by atoms with van der Waals surface area (Å²) in [5, 5.41) is 32.0. The van der Waals surface area contributed by atoms with Crippen molar-refractivity contribution in [2.24, 2.45) is 0 Å². The van der Waals surface area contributed by atoms with Crippen molar-refractivity contribution in [2.75, 3.05) is 6.61 Å². The number of fused-ring (bicyclic) bond motifs is 2. The lowest BCUT2D eigenvalue weighted by atomic mass is 9.81. The Balaban J connectivity index is 1.82. The number of phenols is 2. The highest BCUT2D eigenvalue weighted by atomic mass is 16.5. The van der Waals surface area contributed by atoms with Crippen LogP contribution in [0.25, 0.3) is 0 Å². The SMILES string of the molecule is CCOc1ccc(C(O)c2cc(O)c3c(c2O)C(=O)c2ccccc2C3=O)cc1. The van der Waals surface area contributed by atoms with Crippen LogP contribution in [0.5, 0.6) is 17.2 Å². The van der Waals surface area contributed by atoms with Crippen LogP contribution in [0, 0.1) is 0 Å². The third-order valence-electron chi connectivity index (χ3n) is 4.98. The molecule has 0 aliphatic heterocycles. The van der Waals surface area contributed by atoms with Crippen molar-refractivity contribution in [3.05, 3.63) is 88.0 Å². The topological polar surface area (TPSA) is 104 Å². The van der Waals surface area contributed by atoms with E-state index in [0.717, 1.165) is 6.07 Å². The summed E-state index contributed by atoms with van der Waals surface area (Å²) < 4.78 is 5.37. The molecule has 0 heterocycles. The number of aliphatic hydroxyl groups excluding tert-OH is 1. The van der Waals surface area contributed by atoms with E-state index in [2.05, 4.69) is 0 Å². The Labute approximate surface area is 166 Å². The number of rotatable bonds is 4. The molecule has 0 aromatic heterocycles. The number of carbonyl (C=O) groups is 2. The van der Waals surface area contributed by atoms with Gasteiger partial charge in [-0.25, -0.2) is 0 Å². The van der Waals surface area contributed by atoms with E-state index < -0.39 is 29.2 Å². The summed E-state index contributed by atoms with van der Waals surface area (Å²) in [6.45, 7) is 2.35. The molecule has 0 bridgehead atoms. The number of phenolic OH excluding ortho intramolecular Hbond substituents is 2. The van der Waals surface area contributed by atoms with Crippen molar-refractivity contribution < 1.29 is 29.6 Å². The van der Waals surface area contributed by atoms with Gasteiger partial charge >= 0.3 is 0 Å². The van der Waals surface area contributed by atoms with Crippen LogP contribution in [0.3, 0.4) is 0 Å². The van der Waals surface area contributed by atoms with Crippen molar-refractivity contribution >= 4 is 11.6 Å². The van der Waals surface area contributed by atoms with Crippen LogP contribution in [0.2, 0.25) is 0 Å². The van der Waals surface area contributed by atoms with Crippen molar-refractivity contribution in [2.45, 2.75) is 13.0 Å². The van der Waals surface area contributed by atoms with Gasteiger partial charge in [0.05, 0.1) is 17.7 Å². The maximum absolute atomic E-state index is 12.9. The maximum Gasteiger partial charge on any atom is 0.198 e. The molecule has 0 saturated carbocycles. The second-order valence-electron chi connectivity index (χ2n) is 6.69. The molecule has 0 spiro atoms. The zero-order chi connectivity index (χ0) is 20.7. The number of hydrogen-bond acceptors (Lipinski definition) is 6. The van der Waals surface area contributed by atoms with E-state index in [1.165, 1.54) is 12.1 Å². The first-order valence-electron chi connectivity index (χ1n) is 9.12. The summed E-state index contributed by atoms with van der Waals surface area (Å²) in [4.78, 5) is 25.7. The lowest BCUT2D eigenvalue weighted by Crippen LogP contribution is -2.22. The van der Waals surface area contributed by atoms with Crippen LogP contribution in [-0.4, -0.2) is 33.5 Å². The Bertz CT molecular complexity index is 1130. The van der Waals surface area contributed by atoms with Gasteiger partial charge in [-0.3, -0.25) is 9.59 Å². The third kappa shape index (κ3) is 2.94. The van der Waals surface area contributed by atoms with Crippen molar-refractivity contribution in [3.63, 3.8) is 0 Å². The summed E-state index contributed by atoms with van der Waals surface area (Å²) >= 11 is 0. The van der Waals surface area contributed by atoms with E-state index >= 15 is 0 Å². The standard InChI is InChI=1S/C23H18O6/c1-2-29-13-9-7-12(8-10-13)20(25)16-11-17(24)18-19(23(16)28)22(27)15-6-4-3-5-14(15)21(18)26/h3-11,20,24-25,28H,2H2,1H3. The van der Waals surface area contributed by atoms with Crippen molar-refractivity contribution in [3.8, 4) is 17.2 Å². The van der Waals surface area contributed by atoms with Gasteiger partial charge < -0.3 is 20.1 Å². The minimum absolute atomic E-state index is 0.0639. The molecule has 0 radical (unpaired) electrons. The molecule has 6 heteroatoms. The summed E-state index contributed by atoms with van der Waals surface area (Å²) in [6, 6.07) is 13.9. The molecule has 3 N–H and O–H groups in total. The predicted octanol–water partition coefficient (Wildman–Crippen LogP) is 3.35. The highest BCUT2D eigenvalue weighted by molar-refractivity contribution is 6.30. The average molecular weight is 390 g/mol. The molecule has 29 heavy (non-hydrogen) atoms. The number of aromatic hydroxyl groups is 2. The second-order valence-corrected chi connectivity index (χ2v) is 6.69. The van der Waals surface area contributed by atoms with Gasteiger partial charge in [0.25, 0.3) is 0 Å². The monoisotopic (exact) mass is 390 g/mol.